The van der Waals surface area contributed by atoms with Crippen LogP contribution < -0.4 is 4.74 Å². The van der Waals surface area contributed by atoms with Crippen LogP contribution in [0.2, 0.25) is 0 Å². The molecule has 0 radical (unpaired) electrons. The third-order valence-corrected chi connectivity index (χ3v) is 11.7. The molecule has 0 aliphatic heterocycles. The summed E-state index contributed by atoms with van der Waals surface area (Å²) in [5.41, 5.74) is 1.07. The van der Waals surface area contributed by atoms with Gasteiger partial charge in [0, 0.05) is 0 Å². The molecule has 4 aliphatic rings. The summed E-state index contributed by atoms with van der Waals surface area (Å²) in [6, 6.07) is 0. The van der Waals surface area contributed by atoms with Crippen molar-refractivity contribution in [3.05, 3.63) is 18.2 Å². The summed E-state index contributed by atoms with van der Waals surface area (Å²) in [6.45, 7) is 10.9. The van der Waals surface area contributed by atoms with E-state index in [9.17, 15) is 4.79 Å². The van der Waals surface area contributed by atoms with Crippen LogP contribution in [0.25, 0.3) is 0 Å². The molecule has 5 heteroatoms. The maximum Gasteiger partial charge on any atom is 0.373 e. The van der Waals surface area contributed by atoms with E-state index < -0.39 is 5.97 Å². The Morgan fingerprint density at radius 1 is 1.06 bits per heavy atom. The van der Waals surface area contributed by atoms with Crippen molar-refractivity contribution in [2.45, 2.75) is 98.3 Å². The number of aromatic nitrogens is 2. The van der Waals surface area contributed by atoms with Gasteiger partial charge < -0.3 is 9.84 Å². The summed E-state index contributed by atoms with van der Waals surface area (Å²) >= 11 is 0. The molecule has 4 aliphatic carbocycles. The third-order valence-electron chi connectivity index (χ3n) is 11.7. The molecule has 0 bridgehead atoms. The van der Waals surface area contributed by atoms with Gasteiger partial charge >= 0.3 is 5.97 Å². The molecule has 0 amide bonds. The van der Waals surface area contributed by atoms with Gasteiger partial charge in [-0.15, -0.1) is 0 Å². The molecule has 0 spiro atoms. The van der Waals surface area contributed by atoms with Gasteiger partial charge in [-0.2, -0.15) is 0 Å². The van der Waals surface area contributed by atoms with E-state index in [1.165, 1.54) is 76.6 Å². The molecule has 5 nitrogen and oxygen atoms in total. The zero-order chi connectivity index (χ0) is 24.8. The molecule has 1 N–H and O–H groups in total. The zero-order valence-electron chi connectivity index (χ0n) is 22.3. The Hall–Kier alpha value is -1.65. The number of fused-ring (bicyclic) bond motifs is 5. The first-order chi connectivity index (χ1) is 16.8. The lowest BCUT2D eigenvalue weighted by molar-refractivity contribution is -0.138. The number of carboxylic acid groups (broad SMARTS) is 1. The van der Waals surface area contributed by atoms with E-state index in [0.29, 0.717) is 29.1 Å². The van der Waals surface area contributed by atoms with Gasteiger partial charge in [-0.3, -0.25) is 0 Å². The molecule has 1 heterocycles. The molecule has 2 unspecified atom stereocenters. The van der Waals surface area contributed by atoms with Gasteiger partial charge in [-0.1, -0.05) is 47.0 Å². The number of rotatable bonds is 7. The van der Waals surface area contributed by atoms with Crippen molar-refractivity contribution in [3.8, 4) is 5.75 Å². The smallest absolute Gasteiger partial charge is 0.373 e. The molecule has 9 atom stereocenters. The molecular formula is C30H46N2O3. The van der Waals surface area contributed by atoms with Crippen LogP contribution in [0.5, 0.6) is 5.75 Å². The summed E-state index contributed by atoms with van der Waals surface area (Å²) in [5.74, 6) is 5.40. The van der Waals surface area contributed by atoms with Crippen molar-refractivity contribution in [1.29, 1.82) is 0 Å². The van der Waals surface area contributed by atoms with Crippen molar-refractivity contribution in [2.75, 3.05) is 6.61 Å². The summed E-state index contributed by atoms with van der Waals surface area (Å²) in [6.07, 6.45) is 18.4. The highest BCUT2D eigenvalue weighted by atomic mass is 16.5. The van der Waals surface area contributed by atoms with E-state index in [4.69, 9.17) is 9.84 Å². The first kappa shape index (κ1) is 25.0. The van der Waals surface area contributed by atoms with E-state index >= 15 is 0 Å². The average Bonchev–Trinajstić information content (AvgIpc) is 3.21. The van der Waals surface area contributed by atoms with Crippen LogP contribution >= 0.6 is 0 Å². The number of hydrogen-bond donors (Lipinski definition) is 1. The SMILES string of the molecule is CC[C@H]1C[C@H]2C3CC[C@H]([C@H](C)CCOc4cnc(C(=O)O)nc4)[C@@]3(C)CCC2[C@@]2(C)CCCC[C@@H]12. The second-order valence-electron chi connectivity index (χ2n) is 13.0. The fourth-order valence-corrected chi connectivity index (χ4v) is 10.1. The maximum absolute atomic E-state index is 11.0. The molecular weight excluding hydrogens is 436 g/mol. The molecule has 4 fully saturated rings. The predicted molar refractivity (Wildman–Crippen MR) is 137 cm³/mol. The van der Waals surface area contributed by atoms with E-state index in [1.54, 1.807) is 0 Å². The molecule has 0 aromatic carbocycles. The Bertz CT molecular complexity index is 903. The first-order valence-corrected chi connectivity index (χ1v) is 14.5. The predicted octanol–water partition coefficient (Wildman–Crippen LogP) is 7.26. The lowest BCUT2D eigenvalue weighted by Crippen LogP contribution is -2.55. The molecule has 194 valence electrons. The second-order valence-corrected chi connectivity index (χ2v) is 13.0. The summed E-state index contributed by atoms with van der Waals surface area (Å²) in [4.78, 5) is 18.7. The number of ether oxygens (including phenoxy) is 1. The highest BCUT2D eigenvalue weighted by Crippen LogP contribution is 2.69. The van der Waals surface area contributed by atoms with E-state index in [2.05, 4.69) is 37.7 Å². The largest absolute Gasteiger partial charge is 0.490 e. The highest BCUT2D eigenvalue weighted by Gasteiger charge is 2.61. The lowest BCUT2D eigenvalue weighted by Gasteiger charge is -2.63. The first-order valence-electron chi connectivity index (χ1n) is 14.5. The van der Waals surface area contributed by atoms with Gasteiger partial charge in [0.05, 0.1) is 19.0 Å². The van der Waals surface area contributed by atoms with Crippen LogP contribution in [0.3, 0.4) is 0 Å². The van der Waals surface area contributed by atoms with Gasteiger partial charge in [-0.25, -0.2) is 14.8 Å². The van der Waals surface area contributed by atoms with Crippen LogP contribution in [0, 0.1) is 52.3 Å². The average molecular weight is 483 g/mol. The number of hydrogen-bond acceptors (Lipinski definition) is 4. The van der Waals surface area contributed by atoms with Crippen molar-refractivity contribution < 1.29 is 14.6 Å². The fraction of sp³-hybridized carbons (Fsp3) is 0.833. The van der Waals surface area contributed by atoms with Gasteiger partial charge in [-0.05, 0) is 104 Å². The van der Waals surface area contributed by atoms with Gasteiger partial charge in [0.1, 0.15) is 0 Å². The van der Waals surface area contributed by atoms with Gasteiger partial charge in [0.15, 0.2) is 5.75 Å². The normalized spacial score (nSPS) is 41.4. The summed E-state index contributed by atoms with van der Waals surface area (Å²) in [5, 5.41) is 8.97. The molecule has 1 aromatic rings. The highest BCUT2D eigenvalue weighted by molar-refractivity contribution is 5.82. The second kappa shape index (κ2) is 9.67. The number of aromatic carboxylic acids is 1. The zero-order valence-corrected chi connectivity index (χ0v) is 22.3. The minimum atomic E-state index is -1.11. The molecule has 5 rings (SSSR count). The van der Waals surface area contributed by atoms with Gasteiger partial charge in [0.2, 0.25) is 5.82 Å². The van der Waals surface area contributed by atoms with Gasteiger partial charge in [0.25, 0.3) is 0 Å². The van der Waals surface area contributed by atoms with E-state index in [-0.39, 0.29) is 5.82 Å². The minimum Gasteiger partial charge on any atom is -0.490 e. The van der Waals surface area contributed by atoms with E-state index in [0.717, 1.165) is 41.9 Å². The Kier molecular flexibility index (Phi) is 6.91. The van der Waals surface area contributed by atoms with Crippen LogP contribution in [0.1, 0.15) is 109 Å². The van der Waals surface area contributed by atoms with Crippen LogP contribution in [0.15, 0.2) is 12.4 Å². The van der Waals surface area contributed by atoms with Crippen LogP contribution in [-0.2, 0) is 0 Å². The topological polar surface area (TPSA) is 72.3 Å². The van der Waals surface area contributed by atoms with Crippen molar-refractivity contribution in [3.63, 3.8) is 0 Å². The lowest BCUT2D eigenvalue weighted by atomic mass is 9.42. The van der Waals surface area contributed by atoms with Crippen molar-refractivity contribution >= 4 is 5.97 Å². The molecule has 0 saturated heterocycles. The number of carbonyl (C=O) groups is 1. The van der Waals surface area contributed by atoms with Crippen molar-refractivity contribution in [2.24, 2.45) is 52.3 Å². The molecule has 35 heavy (non-hydrogen) atoms. The minimum absolute atomic E-state index is 0.187. The Balaban J connectivity index is 1.24. The Morgan fingerprint density at radius 2 is 1.80 bits per heavy atom. The summed E-state index contributed by atoms with van der Waals surface area (Å²) < 4.78 is 5.91. The number of nitrogens with zero attached hydrogens (tertiary/aromatic N) is 2. The number of carboxylic acids is 1. The molecule has 4 saturated carbocycles. The Labute approximate surface area is 211 Å². The van der Waals surface area contributed by atoms with Crippen LogP contribution in [0.4, 0.5) is 0 Å². The fourth-order valence-electron chi connectivity index (χ4n) is 10.1. The molecule has 1 aromatic heterocycles. The quantitative estimate of drug-likeness (QED) is 0.442. The maximum atomic E-state index is 11.0. The van der Waals surface area contributed by atoms with Crippen molar-refractivity contribution in [1.82, 2.24) is 9.97 Å². The monoisotopic (exact) mass is 482 g/mol. The summed E-state index contributed by atoms with van der Waals surface area (Å²) in [7, 11) is 0. The third kappa shape index (κ3) is 4.29. The van der Waals surface area contributed by atoms with Crippen LogP contribution in [-0.4, -0.2) is 27.7 Å². The van der Waals surface area contributed by atoms with E-state index in [1.807, 2.05) is 0 Å². The standard InChI is InChI=1S/C30H46N2O3/c1-5-20-16-22-25-10-9-23(19(2)12-15-35-21-17-31-27(28(33)34)32-18-21)30(25,4)14-11-26(22)29(3)13-7-6-8-24(20)29/h17-20,22-26H,5-16H2,1-4H3,(H,33,34)/t19-,20+,22+,23-,24+,25?,26?,29+,30-/m1/s1. The Morgan fingerprint density at radius 3 is 2.51 bits per heavy atom.